The van der Waals surface area contributed by atoms with Crippen molar-refractivity contribution in [1.29, 1.82) is 0 Å². The van der Waals surface area contributed by atoms with E-state index < -0.39 is 33.1 Å². The average Bonchev–Trinajstić information content (AvgIpc) is 3.09. The number of furan rings is 1. The maximum atomic E-state index is 13.3. The van der Waals surface area contributed by atoms with Crippen molar-refractivity contribution in [3.8, 4) is 17.1 Å². The zero-order valence-corrected chi connectivity index (χ0v) is 17.3. The van der Waals surface area contributed by atoms with Crippen LogP contribution in [0.3, 0.4) is 0 Å². The number of carbonyl (C=O) groups excluding carboxylic acids is 1. The summed E-state index contributed by atoms with van der Waals surface area (Å²) in [6.45, 7) is -0.314. The van der Waals surface area contributed by atoms with Crippen molar-refractivity contribution in [3.05, 3.63) is 53.3 Å². The molecule has 0 fully saturated rings. The molecule has 3 rings (SSSR count). The summed E-state index contributed by atoms with van der Waals surface area (Å²) in [5.41, 5.74) is -5.38. The van der Waals surface area contributed by atoms with E-state index in [9.17, 15) is 30.8 Å². The van der Waals surface area contributed by atoms with Gasteiger partial charge in [0, 0.05) is 24.6 Å². The van der Waals surface area contributed by atoms with Crippen LogP contribution in [0.5, 0.6) is 5.75 Å². The van der Waals surface area contributed by atoms with Gasteiger partial charge in [0.05, 0.1) is 5.56 Å². The molecule has 0 radical (unpaired) electrons. The molecule has 0 unspecified atom stereocenters. The maximum absolute atomic E-state index is 13.3. The van der Waals surface area contributed by atoms with Crippen molar-refractivity contribution in [3.63, 3.8) is 0 Å². The lowest BCUT2D eigenvalue weighted by Crippen LogP contribution is -2.28. The number of benzene rings is 2. The van der Waals surface area contributed by atoms with Crippen LogP contribution in [0.15, 0.2) is 40.8 Å². The fourth-order valence-corrected chi connectivity index (χ4v) is 3.51. The minimum atomic E-state index is -5.99. The Hall–Kier alpha value is -3.12. The molecule has 0 bridgehead atoms. The zero-order chi connectivity index (χ0) is 23.7. The highest BCUT2D eigenvalue weighted by Gasteiger charge is 2.49. The molecule has 0 aliphatic carbocycles. The summed E-state index contributed by atoms with van der Waals surface area (Å²) in [7, 11) is -4.67. The second-order valence-corrected chi connectivity index (χ2v) is 8.20. The highest BCUT2D eigenvalue weighted by Crippen LogP contribution is 2.39. The van der Waals surface area contributed by atoms with Gasteiger partial charge in [0.25, 0.3) is 5.91 Å². The molecule has 0 atom stereocenters. The molecule has 0 aliphatic heterocycles. The van der Waals surface area contributed by atoms with Crippen LogP contribution in [0, 0.1) is 5.82 Å². The molecule has 1 amide bonds. The monoisotopic (exact) mass is 475 g/mol. The number of aliphatic hydroxyl groups excluding tert-OH is 1. The summed E-state index contributed by atoms with van der Waals surface area (Å²) in [6, 6.07) is 7.16. The van der Waals surface area contributed by atoms with E-state index in [1.807, 2.05) is 0 Å². The lowest BCUT2D eigenvalue weighted by Gasteiger charge is -2.13. The minimum absolute atomic E-state index is 0.00304. The van der Waals surface area contributed by atoms with Crippen LogP contribution < -0.4 is 9.50 Å². The van der Waals surface area contributed by atoms with E-state index in [-0.39, 0.29) is 47.3 Å². The van der Waals surface area contributed by atoms with Gasteiger partial charge in [0.2, 0.25) is 0 Å². The van der Waals surface area contributed by atoms with E-state index in [4.69, 9.17) is 9.52 Å². The van der Waals surface area contributed by atoms with Crippen molar-refractivity contribution < 1.29 is 44.5 Å². The number of carbonyl (C=O) groups is 1. The van der Waals surface area contributed by atoms with Crippen LogP contribution in [0.4, 0.5) is 17.6 Å². The molecule has 172 valence electrons. The Morgan fingerprint density at radius 2 is 1.84 bits per heavy atom. The van der Waals surface area contributed by atoms with Crippen molar-refractivity contribution in [1.82, 2.24) is 5.32 Å². The van der Waals surface area contributed by atoms with E-state index >= 15 is 0 Å². The normalized spacial score (nSPS) is 12.2. The third-order valence-corrected chi connectivity index (χ3v) is 5.48. The minimum Gasteiger partial charge on any atom is -0.455 e. The second-order valence-electron chi connectivity index (χ2n) is 6.66. The second kappa shape index (κ2) is 8.79. The van der Waals surface area contributed by atoms with Gasteiger partial charge in [-0.15, -0.1) is 0 Å². The highest BCUT2D eigenvalue weighted by molar-refractivity contribution is 7.88. The first kappa shape index (κ1) is 23.5. The molecule has 1 aromatic heterocycles. The number of aliphatic hydroxyl groups is 1. The van der Waals surface area contributed by atoms with Crippen LogP contribution in [-0.2, 0) is 16.5 Å². The van der Waals surface area contributed by atoms with Gasteiger partial charge < -0.3 is 19.0 Å². The van der Waals surface area contributed by atoms with Crippen LogP contribution >= 0.6 is 0 Å². The molecule has 0 saturated carbocycles. The number of alkyl halides is 3. The van der Waals surface area contributed by atoms with Crippen LogP contribution in [0.2, 0.25) is 0 Å². The fourth-order valence-electron chi connectivity index (χ4n) is 3.03. The van der Waals surface area contributed by atoms with Gasteiger partial charge in [-0.1, -0.05) is 0 Å². The molecular weight excluding hydrogens is 458 g/mol. The number of hydrogen-bond donors (Lipinski definition) is 2. The van der Waals surface area contributed by atoms with Gasteiger partial charge >= 0.3 is 15.6 Å². The third kappa shape index (κ3) is 4.55. The molecule has 0 saturated heterocycles. The quantitative estimate of drug-likeness (QED) is 0.306. The standard InChI is InChI=1S/C20H17F4NO6S/c1-25-19(27)17-14-10-15(31-32(28,29)20(22,23)24)12(3-2-8-26)9-16(14)30-18(17)11-4-6-13(21)7-5-11/h4-7,9-10,26H,2-3,8H2,1H3,(H,25,27). The molecule has 2 N–H and O–H groups in total. The zero-order valence-electron chi connectivity index (χ0n) is 16.5. The van der Waals surface area contributed by atoms with Crippen LogP contribution in [0.25, 0.3) is 22.3 Å². The topological polar surface area (TPSA) is 106 Å². The summed E-state index contributed by atoms with van der Waals surface area (Å²) in [4.78, 5) is 12.5. The lowest BCUT2D eigenvalue weighted by molar-refractivity contribution is -0.0500. The van der Waals surface area contributed by atoms with Gasteiger partial charge in [-0.3, -0.25) is 4.79 Å². The Labute approximate surface area is 179 Å². The van der Waals surface area contributed by atoms with Crippen molar-refractivity contribution in [2.24, 2.45) is 0 Å². The summed E-state index contributed by atoms with van der Waals surface area (Å²) in [5, 5.41) is 11.4. The number of halogens is 4. The molecule has 32 heavy (non-hydrogen) atoms. The Balaban J connectivity index is 2.27. The van der Waals surface area contributed by atoms with E-state index in [0.29, 0.717) is 5.56 Å². The van der Waals surface area contributed by atoms with Crippen LogP contribution in [0.1, 0.15) is 22.3 Å². The molecule has 1 heterocycles. The number of fused-ring (bicyclic) bond motifs is 1. The summed E-state index contributed by atoms with van der Waals surface area (Å²) in [6.07, 6.45) is 0.0683. The number of aryl methyl sites for hydroxylation is 1. The predicted octanol–water partition coefficient (Wildman–Crippen LogP) is 3.75. The summed E-state index contributed by atoms with van der Waals surface area (Å²) in [5.74, 6) is -1.86. The Bertz CT molecular complexity index is 1250. The first-order chi connectivity index (χ1) is 15.0. The van der Waals surface area contributed by atoms with Crippen LogP contribution in [-0.4, -0.2) is 38.6 Å². The number of amides is 1. The van der Waals surface area contributed by atoms with E-state index in [2.05, 4.69) is 9.50 Å². The fraction of sp³-hybridized carbons (Fsp3) is 0.250. The predicted molar refractivity (Wildman–Crippen MR) is 106 cm³/mol. The molecule has 12 heteroatoms. The largest absolute Gasteiger partial charge is 0.534 e. The Kier molecular flexibility index (Phi) is 6.46. The first-order valence-corrected chi connectivity index (χ1v) is 10.6. The smallest absolute Gasteiger partial charge is 0.455 e. The molecule has 0 aliphatic rings. The average molecular weight is 475 g/mol. The maximum Gasteiger partial charge on any atom is 0.534 e. The van der Waals surface area contributed by atoms with E-state index in [1.165, 1.54) is 25.2 Å². The van der Waals surface area contributed by atoms with E-state index in [0.717, 1.165) is 18.2 Å². The number of hydrogen-bond acceptors (Lipinski definition) is 6. The summed E-state index contributed by atoms with van der Waals surface area (Å²) < 4.78 is 85.2. The number of nitrogens with one attached hydrogen (secondary N) is 1. The lowest BCUT2D eigenvalue weighted by atomic mass is 10.0. The number of rotatable bonds is 7. The highest BCUT2D eigenvalue weighted by atomic mass is 32.2. The SMILES string of the molecule is CNC(=O)c1c(-c2ccc(F)cc2)oc2cc(CCCO)c(OS(=O)(=O)C(F)(F)F)cc12. The van der Waals surface area contributed by atoms with Crippen molar-refractivity contribution in [2.45, 2.75) is 18.3 Å². The summed E-state index contributed by atoms with van der Waals surface area (Å²) >= 11 is 0. The Morgan fingerprint density at radius 1 is 1.19 bits per heavy atom. The molecule has 3 aromatic rings. The van der Waals surface area contributed by atoms with Gasteiger partial charge in [-0.2, -0.15) is 21.6 Å². The van der Waals surface area contributed by atoms with Crippen molar-refractivity contribution >= 4 is 27.0 Å². The molecule has 0 spiro atoms. The third-order valence-electron chi connectivity index (χ3n) is 4.52. The Morgan fingerprint density at radius 3 is 2.41 bits per heavy atom. The van der Waals surface area contributed by atoms with Gasteiger partial charge in [0.15, 0.2) is 0 Å². The molecule has 7 nitrogen and oxygen atoms in total. The first-order valence-electron chi connectivity index (χ1n) is 9.17. The van der Waals surface area contributed by atoms with E-state index in [1.54, 1.807) is 0 Å². The van der Waals surface area contributed by atoms with Gasteiger partial charge in [-0.25, -0.2) is 4.39 Å². The van der Waals surface area contributed by atoms with Gasteiger partial charge in [-0.05, 0) is 54.8 Å². The molecular formula is C20H17F4NO6S. The van der Waals surface area contributed by atoms with Crippen molar-refractivity contribution in [2.75, 3.05) is 13.7 Å². The molecule has 2 aromatic carbocycles. The van der Waals surface area contributed by atoms with Gasteiger partial charge in [0.1, 0.15) is 22.9 Å².